The van der Waals surface area contributed by atoms with E-state index in [1.54, 1.807) is 6.33 Å². The summed E-state index contributed by atoms with van der Waals surface area (Å²) in [6.07, 6.45) is 15.1. The van der Waals surface area contributed by atoms with Gasteiger partial charge in [-0.1, -0.05) is 23.7 Å². The van der Waals surface area contributed by atoms with Crippen molar-refractivity contribution < 1.29 is 31.2 Å². The maximum absolute atomic E-state index is 12.8. The lowest BCUT2D eigenvalue weighted by Gasteiger charge is -2.22. The molecule has 3 aliphatic rings. The Morgan fingerprint density at radius 2 is 1.28 bits per heavy atom. The Morgan fingerprint density at radius 3 is 1.87 bits per heavy atom. The lowest BCUT2D eigenvalue weighted by molar-refractivity contribution is -0.126. The Labute approximate surface area is 354 Å². The van der Waals surface area contributed by atoms with Crippen molar-refractivity contribution in [3.63, 3.8) is 0 Å². The predicted molar refractivity (Wildman–Crippen MR) is 231 cm³/mol. The quantitative estimate of drug-likeness (QED) is 0.0738. The molecule has 1 fully saturated rings. The van der Waals surface area contributed by atoms with Crippen molar-refractivity contribution in [2.24, 2.45) is 11.8 Å². The summed E-state index contributed by atoms with van der Waals surface area (Å²) in [6, 6.07) is 7.92. The molecule has 0 saturated heterocycles. The molecule has 2 amide bonds. The number of para-hydroxylation sites is 2. The van der Waals surface area contributed by atoms with Crippen LogP contribution in [0.4, 0.5) is 11.5 Å². The first-order chi connectivity index (χ1) is 28.7. The van der Waals surface area contributed by atoms with E-state index < -0.39 is 19.7 Å². The zero-order valence-corrected chi connectivity index (χ0v) is 36.2. The summed E-state index contributed by atoms with van der Waals surface area (Å²) < 4.78 is 51.2. The molecule has 3 aliphatic carbocycles. The van der Waals surface area contributed by atoms with E-state index in [0.29, 0.717) is 55.4 Å². The van der Waals surface area contributed by atoms with Crippen LogP contribution >= 0.6 is 11.6 Å². The lowest BCUT2D eigenvalue weighted by Crippen LogP contribution is -2.35. The van der Waals surface area contributed by atoms with Crippen molar-refractivity contribution in [1.29, 1.82) is 0 Å². The van der Waals surface area contributed by atoms with E-state index >= 15 is 0 Å². The molecule has 2 unspecified atom stereocenters. The number of hydrogen-bond donors (Lipinski definition) is 5. The average molecular weight is 883 g/mol. The molecule has 19 heteroatoms. The summed E-state index contributed by atoms with van der Waals surface area (Å²) >= 11 is 6.18. The molecule has 4 heterocycles. The normalized spacial score (nSPS) is 18.0. The Kier molecular flexibility index (Phi) is 13.6. The molecular weight excluding hydrogens is 830 g/mol. The summed E-state index contributed by atoms with van der Waals surface area (Å²) in [5, 5.41) is 11.3. The van der Waals surface area contributed by atoms with Gasteiger partial charge in [-0.25, -0.2) is 36.8 Å². The Morgan fingerprint density at radius 1 is 0.750 bits per heavy atom. The van der Waals surface area contributed by atoms with Crippen LogP contribution < -0.4 is 20.7 Å². The standard InChI is InChI=1S/C26H33N5O4S.C15H19ClN4O3S/c1-36(33,34)14-6-13-27-26(32)17-11-12-20-19(15-17)23-24(30-20)28-16-29-25(23)31-21-9-4-5-10-22(21)35-18-7-2-3-8-18;1-24(22,23)6-2-5-17-15(21)9-3-4-11-10(7-9)12-13(16)18-8-19-14(12)20-11/h4-5,9-10,16-18H,2-3,6-8,11-15H2,1H3,(H,27,32)(H2,28,29,30,31);8-9H,2-7H2,1H3,(H,17,21)(H,18,19,20). The number of halogens is 1. The van der Waals surface area contributed by atoms with Crippen LogP contribution in [0.1, 0.15) is 73.9 Å². The summed E-state index contributed by atoms with van der Waals surface area (Å²) in [5.41, 5.74) is 6.53. The second-order valence-corrected chi connectivity index (χ2v) is 20.9. The minimum atomic E-state index is -3.03. The second-order valence-electron chi connectivity index (χ2n) is 16.1. The number of anilines is 2. The summed E-state index contributed by atoms with van der Waals surface area (Å²) in [4.78, 5) is 49.1. The van der Waals surface area contributed by atoms with Gasteiger partial charge in [0.2, 0.25) is 11.8 Å². The van der Waals surface area contributed by atoms with Crippen molar-refractivity contribution in [1.82, 2.24) is 40.5 Å². The number of H-pyrrole nitrogens is 2. The summed E-state index contributed by atoms with van der Waals surface area (Å²) in [5.74, 6) is 1.25. The molecule has 8 rings (SSSR count). The summed E-state index contributed by atoms with van der Waals surface area (Å²) in [6.45, 7) is 0.726. The molecular formula is C41H52ClN9O7S2. The second kappa shape index (κ2) is 18.8. The number of carbonyl (C=O) groups excluding carboxylic acids is 2. The van der Waals surface area contributed by atoms with Crippen LogP contribution in [0.5, 0.6) is 5.75 Å². The van der Waals surface area contributed by atoms with Gasteiger partial charge in [-0.15, -0.1) is 0 Å². The van der Waals surface area contributed by atoms with Gasteiger partial charge in [-0.3, -0.25) is 9.59 Å². The Balaban J connectivity index is 0.000000197. The lowest BCUT2D eigenvalue weighted by atomic mass is 9.86. The van der Waals surface area contributed by atoms with E-state index in [4.69, 9.17) is 16.3 Å². The van der Waals surface area contributed by atoms with Gasteiger partial charge in [0.05, 0.1) is 34.1 Å². The first-order valence-electron chi connectivity index (χ1n) is 20.5. The number of sulfone groups is 2. The fourth-order valence-electron chi connectivity index (χ4n) is 8.35. The van der Waals surface area contributed by atoms with Crippen LogP contribution in [0.3, 0.4) is 0 Å². The number of hydrogen-bond acceptors (Lipinski definition) is 12. The largest absolute Gasteiger partial charge is 0.488 e. The number of ether oxygens (including phenoxy) is 1. The zero-order chi connectivity index (χ0) is 42.4. The first-order valence-corrected chi connectivity index (χ1v) is 25.0. The molecule has 1 saturated carbocycles. The molecule has 1 aromatic carbocycles. The molecule has 16 nitrogen and oxygen atoms in total. The number of nitrogens with zero attached hydrogens (tertiary/aromatic N) is 4. The molecule has 0 spiro atoms. The van der Waals surface area contributed by atoms with E-state index in [1.807, 2.05) is 24.3 Å². The van der Waals surface area contributed by atoms with Gasteiger partial charge in [-0.2, -0.15) is 0 Å². The number of benzene rings is 1. The van der Waals surface area contributed by atoms with Crippen molar-refractivity contribution in [2.75, 3.05) is 42.4 Å². The number of nitrogens with one attached hydrogen (secondary N) is 5. The van der Waals surface area contributed by atoms with E-state index in [9.17, 15) is 26.4 Å². The Hall–Kier alpha value is -4.81. The zero-order valence-electron chi connectivity index (χ0n) is 33.9. The van der Waals surface area contributed by atoms with Gasteiger partial charge in [0.15, 0.2) is 0 Å². The van der Waals surface area contributed by atoms with Gasteiger partial charge in [0.1, 0.15) is 60.3 Å². The van der Waals surface area contributed by atoms with E-state index in [0.717, 1.165) is 88.9 Å². The third-order valence-electron chi connectivity index (χ3n) is 11.4. The fourth-order valence-corrected chi connectivity index (χ4v) is 9.94. The molecule has 60 heavy (non-hydrogen) atoms. The van der Waals surface area contributed by atoms with Crippen molar-refractivity contribution in [2.45, 2.75) is 83.2 Å². The Bertz CT molecular complexity index is 2570. The number of aromatic amines is 2. The van der Waals surface area contributed by atoms with Gasteiger partial charge >= 0.3 is 0 Å². The highest BCUT2D eigenvalue weighted by molar-refractivity contribution is 7.90. The number of amides is 2. The third-order valence-corrected chi connectivity index (χ3v) is 13.7. The van der Waals surface area contributed by atoms with Gasteiger partial charge in [-0.05, 0) is 100 Å². The van der Waals surface area contributed by atoms with Gasteiger partial charge in [0.25, 0.3) is 0 Å². The molecule has 0 bridgehead atoms. The van der Waals surface area contributed by atoms with Crippen LogP contribution in [0, 0.1) is 11.8 Å². The maximum atomic E-state index is 12.8. The van der Waals surface area contributed by atoms with E-state index in [1.165, 1.54) is 31.7 Å². The molecule has 5 aromatic rings. The maximum Gasteiger partial charge on any atom is 0.223 e. The minimum Gasteiger partial charge on any atom is -0.488 e. The topological polar surface area (TPSA) is 231 Å². The fraction of sp³-hybridized carbons (Fsp3) is 0.512. The van der Waals surface area contributed by atoms with Crippen LogP contribution in [0.25, 0.3) is 22.1 Å². The highest BCUT2D eigenvalue weighted by atomic mass is 35.5. The van der Waals surface area contributed by atoms with Crippen LogP contribution in [-0.2, 0) is 54.9 Å². The monoisotopic (exact) mass is 881 g/mol. The van der Waals surface area contributed by atoms with E-state index in [2.05, 4.69) is 45.9 Å². The number of carbonyl (C=O) groups is 2. The molecule has 4 aromatic heterocycles. The smallest absolute Gasteiger partial charge is 0.223 e. The number of fused-ring (bicyclic) bond motifs is 6. The van der Waals surface area contributed by atoms with E-state index in [-0.39, 0.29) is 41.3 Å². The summed E-state index contributed by atoms with van der Waals surface area (Å²) in [7, 11) is -6.02. The van der Waals surface area contributed by atoms with Crippen LogP contribution in [-0.4, -0.2) is 102 Å². The number of aromatic nitrogens is 6. The van der Waals surface area contributed by atoms with Crippen LogP contribution in [0.15, 0.2) is 36.9 Å². The SMILES string of the molecule is CS(=O)(=O)CCCNC(=O)C1CCc2[nH]c3ncnc(Cl)c3c2C1.CS(=O)(=O)CCCNC(=O)C1CCc2[nH]c3ncnc(Nc4ccccc4OC4CCCC4)c3c2C1. The van der Waals surface area contributed by atoms with Gasteiger partial charge < -0.3 is 30.7 Å². The predicted octanol–water partition coefficient (Wildman–Crippen LogP) is 4.95. The third kappa shape index (κ3) is 10.9. The number of rotatable bonds is 14. The van der Waals surface area contributed by atoms with Crippen LogP contribution in [0.2, 0.25) is 5.15 Å². The number of aryl methyl sites for hydroxylation is 2. The molecule has 0 aliphatic heterocycles. The van der Waals surface area contributed by atoms with Crippen molar-refractivity contribution >= 4 is 76.7 Å². The minimum absolute atomic E-state index is 0.0369. The van der Waals surface area contributed by atoms with Gasteiger partial charge in [0, 0.05) is 48.8 Å². The average Bonchev–Trinajstić information content (AvgIpc) is 3.96. The van der Waals surface area contributed by atoms with Crippen molar-refractivity contribution in [3.8, 4) is 5.75 Å². The highest BCUT2D eigenvalue weighted by Crippen LogP contribution is 2.38. The molecule has 5 N–H and O–H groups in total. The highest BCUT2D eigenvalue weighted by Gasteiger charge is 2.30. The molecule has 2 atom stereocenters. The molecule has 0 radical (unpaired) electrons. The van der Waals surface area contributed by atoms with Crippen molar-refractivity contribution in [3.05, 3.63) is 64.6 Å². The first kappa shape index (κ1) is 43.3. The molecule has 322 valence electrons.